The minimum Gasteiger partial charge on any atom is -0.204 e. The molecule has 2 heteroatoms. The topological polar surface area (TPSA) is 0 Å². The van der Waals surface area contributed by atoms with Gasteiger partial charge in [-0.05, 0) is 0 Å². The van der Waals surface area contributed by atoms with E-state index in [1.54, 1.807) is 6.69 Å². The molecule has 0 saturated carbocycles. The van der Waals surface area contributed by atoms with E-state index in [1.165, 1.54) is 0 Å². The van der Waals surface area contributed by atoms with Crippen molar-refractivity contribution in [3.8, 4) is 0 Å². The Bertz CT molecular complexity index is 20.9. The zero-order valence-electron chi connectivity index (χ0n) is 3.53. The zero-order valence-corrected chi connectivity index (χ0v) is 4.29. The van der Waals surface area contributed by atoms with E-state index in [2.05, 4.69) is 0 Å². The van der Waals surface area contributed by atoms with Crippen LogP contribution in [0.4, 0.5) is 0 Å². The van der Waals surface area contributed by atoms with Gasteiger partial charge in [0.2, 0.25) is 6.69 Å². The van der Waals surface area contributed by atoms with E-state index in [4.69, 9.17) is 11.5 Å². The van der Waals surface area contributed by atoms with Crippen LogP contribution in [0.15, 0.2) is 0 Å². The van der Waals surface area contributed by atoms with E-state index in [9.17, 15) is 0 Å². The second kappa shape index (κ2) is 2.58. The van der Waals surface area contributed by atoms with E-state index in [0.717, 1.165) is 0 Å². The normalized spacial score (nSPS) is 8.80. The summed E-state index contributed by atoms with van der Waals surface area (Å²) in [6.45, 7) is 5.71. The van der Waals surface area contributed by atoms with Crippen LogP contribution in [-0.2, 0) is 0 Å². The molecule has 0 nitrogen and oxygen atoms in total. The second-order valence-corrected chi connectivity index (χ2v) is 1.62. The highest BCUT2D eigenvalue weighted by Gasteiger charge is 1.86. The third-order valence-corrected chi connectivity index (χ3v) is 0.756. The molecule has 0 heterocycles. The monoisotopic (exact) mass is 89.0 g/mol. The van der Waals surface area contributed by atoms with Gasteiger partial charge in [0.1, 0.15) is 0 Å². The molecule has 0 aliphatic rings. The van der Waals surface area contributed by atoms with Crippen molar-refractivity contribution < 1.29 is 0 Å². The number of hydrogen-bond donors (Lipinski definition) is 0. The lowest BCUT2D eigenvalue weighted by atomic mass is 9.91. The molecule has 0 fully saturated rings. The minimum atomic E-state index is 0.525. The van der Waals surface area contributed by atoms with Gasteiger partial charge < -0.3 is 0 Å². The van der Waals surface area contributed by atoms with Gasteiger partial charge in [-0.1, -0.05) is 19.7 Å². The van der Waals surface area contributed by atoms with Crippen molar-refractivity contribution in [2.24, 2.45) is 0 Å². The smallest absolute Gasteiger partial charge is 0.204 e. The van der Waals surface area contributed by atoms with E-state index >= 15 is 0 Å². The highest BCUT2D eigenvalue weighted by atomic mass is 35.5. The van der Waals surface area contributed by atoms with Crippen molar-refractivity contribution in [1.29, 1.82) is 0 Å². The molecular weight excluding hydrogens is 82.3 g/mol. The van der Waals surface area contributed by atoms with E-state index in [-0.39, 0.29) is 0 Å². The molecule has 1 radical (unpaired) electrons. The first-order valence-corrected chi connectivity index (χ1v) is 2.14. The van der Waals surface area contributed by atoms with Crippen LogP contribution in [0.25, 0.3) is 0 Å². The Labute approximate surface area is 38.7 Å². The maximum absolute atomic E-state index is 5.21. The summed E-state index contributed by atoms with van der Waals surface area (Å²) in [5.74, 6) is 0.525. The van der Waals surface area contributed by atoms with Gasteiger partial charge in [0.15, 0.2) is 0 Å². The molecule has 0 aromatic carbocycles. The van der Waals surface area contributed by atoms with Crippen LogP contribution in [-0.4, -0.2) is 6.69 Å². The highest BCUT2D eigenvalue weighted by Crippen LogP contribution is 1.96. The second-order valence-electron chi connectivity index (χ2n) is 1.37. The molecule has 0 unspecified atom stereocenters. The molecule has 0 bridgehead atoms. The maximum atomic E-state index is 5.21. The summed E-state index contributed by atoms with van der Waals surface area (Å²) >= 11 is 5.21. The molecule has 0 amide bonds. The van der Waals surface area contributed by atoms with Crippen molar-refractivity contribution in [1.82, 2.24) is 0 Å². The highest BCUT2D eigenvalue weighted by molar-refractivity contribution is 6.94. The Morgan fingerprint density at radius 3 is 1.80 bits per heavy atom. The number of halogens is 1. The first-order chi connectivity index (χ1) is 2.27. The van der Waals surface area contributed by atoms with Gasteiger partial charge in [-0.2, -0.15) is 0 Å². The first kappa shape index (κ1) is 5.35. The van der Waals surface area contributed by atoms with Crippen molar-refractivity contribution in [2.45, 2.75) is 19.7 Å². The van der Waals surface area contributed by atoms with Crippen LogP contribution in [0.3, 0.4) is 0 Å². The molecule has 0 spiro atoms. The molecule has 0 aromatic rings. The molecule has 0 N–H and O–H groups in total. The van der Waals surface area contributed by atoms with Gasteiger partial charge in [0, 0.05) is 0 Å². The molecule has 5 heavy (non-hydrogen) atoms. The Balaban J connectivity index is 2.54. The molecule has 0 aliphatic carbocycles. The summed E-state index contributed by atoms with van der Waals surface area (Å²) in [5, 5.41) is 0. The Morgan fingerprint density at radius 1 is 1.60 bits per heavy atom. The van der Waals surface area contributed by atoms with Crippen LogP contribution in [0, 0.1) is 0 Å². The lowest BCUT2D eigenvalue weighted by molar-refractivity contribution is 1.07. The third kappa shape index (κ3) is 4.35. The van der Waals surface area contributed by atoms with Crippen LogP contribution < -0.4 is 0 Å². The summed E-state index contributed by atoms with van der Waals surface area (Å²) in [7, 11) is 0. The molecule has 0 saturated heterocycles. The van der Waals surface area contributed by atoms with Crippen molar-refractivity contribution >= 4 is 18.2 Å². The lowest BCUT2D eigenvalue weighted by Crippen LogP contribution is -1.80. The van der Waals surface area contributed by atoms with Gasteiger partial charge in [0.25, 0.3) is 0 Å². The largest absolute Gasteiger partial charge is 0.241 e. The van der Waals surface area contributed by atoms with Gasteiger partial charge in [-0.3, -0.25) is 0 Å². The average Bonchev–Trinajstić information content (AvgIpc) is 1.38. The predicted octanol–water partition coefficient (Wildman–Crippen LogP) is 1.67. The molecule has 0 aliphatic heterocycles. The van der Waals surface area contributed by atoms with Gasteiger partial charge >= 0.3 is 0 Å². The summed E-state index contributed by atoms with van der Waals surface area (Å²) < 4.78 is 0. The van der Waals surface area contributed by atoms with E-state index < -0.39 is 0 Å². The fourth-order valence-corrected chi connectivity index (χ4v) is 0. The summed E-state index contributed by atoms with van der Waals surface area (Å²) in [4.78, 5) is 0. The predicted molar refractivity (Wildman–Crippen MR) is 26.7 cm³/mol. The Kier molecular flexibility index (Phi) is 2.77. The minimum absolute atomic E-state index is 0.525. The van der Waals surface area contributed by atoms with Gasteiger partial charge in [-0.25, -0.2) is 11.5 Å². The van der Waals surface area contributed by atoms with Crippen LogP contribution in [0.2, 0.25) is 5.82 Å². The summed E-state index contributed by atoms with van der Waals surface area (Å²) in [5.41, 5.74) is 0. The number of hydrogen-bond acceptors (Lipinski definition) is 0. The van der Waals surface area contributed by atoms with Gasteiger partial charge in [-0.15, -0.1) is 0 Å². The lowest BCUT2D eigenvalue weighted by Gasteiger charge is -1.85. The molecule has 29 valence electrons. The zero-order chi connectivity index (χ0) is 4.28. The van der Waals surface area contributed by atoms with Crippen molar-refractivity contribution in [3.63, 3.8) is 0 Å². The van der Waals surface area contributed by atoms with Crippen molar-refractivity contribution in [3.05, 3.63) is 0 Å². The van der Waals surface area contributed by atoms with Crippen LogP contribution in [0.1, 0.15) is 13.8 Å². The van der Waals surface area contributed by atoms with E-state index in [0.29, 0.717) is 5.82 Å². The van der Waals surface area contributed by atoms with E-state index in [1.807, 2.05) is 13.8 Å². The molecular formula is C3H7BCl. The van der Waals surface area contributed by atoms with Crippen LogP contribution >= 0.6 is 11.5 Å². The number of rotatable bonds is 1. The molecule has 0 atom stereocenters. The quantitative estimate of drug-likeness (QED) is 0.429. The summed E-state index contributed by atoms with van der Waals surface area (Å²) in [6, 6.07) is 0. The molecule has 0 rings (SSSR count). The van der Waals surface area contributed by atoms with Gasteiger partial charge in [0.05, 0.1) is 0 Å². The standard InChI is InChI=1S/C3H7BCl/c1-3(2)4-5/h3H,1-2H3. The first-order valence-electron chi connectivity index (χ1n) is 1.71. The maximum Gasteiger partial charge on any atom is 0.241 e. The summed E-state index contributed by atoms with van der Waals surface area (Å²) in [6.07, 6.45) is 0. The fourth-order valence-electron chi connectivity index (χ4n) is 0. The SMILES string of the molecule is CC(C)[B]Cl. The third-order valence-electron chi connectivity index (χ3n) is 0.252. The average molecular weight is 89.4 g/mol. The Hall–Kier alpha value is 0.355. The Morgan fingerprint density at radius 2 is 1.80 bits per heavy atom. The molecule has 0 aromatic heterocycles. The van der Waals surface area contributed by atoms with Crippen LogP contribution in [0.5, 0.6) is 0 Å². The fraction of sp³-hybridized carbons (Fsp3) is 1.00. The van der Waals surface area contributed by atoms with Crippen molar-refractivity contribution in [2.75, 3.05) is 0 Å².